The van der Waals surface area contributed by atoms with Gasteiger partial charge in [0.25, 0.3) is 0 Å². The quantitative estimate of drug-likeness (QED) is 0.433. The molecule has 0 amide bonds. The molecular weight excluding hydrogens is 204 g/mol. The lowest BCUT2D eigenvalue weighted by molar-refractivity contribution is -0.140. The Morgan fingerprint density at radius 2 is 1.88 bits per heavy atom. The summed E-state index contributed by atoms with van der Waals surface area (Å²) in [7, 11) is 0. The normalized spacial score (nSPS) is 19.6. The third-order valence-electron chi connectivity index (χ3n) is 2.76. The van der Waals surface area contributed by atoms with Crippen molar-refractivity contribution in [2.24, 2.45) is 5.92 Å². The third kappa shape index (κ3) is 1.98. The van der Waals surface area contributed by atoms with Crippen LogP contribution in [0.3, 0.4) is 0 Å². The maximum Gasteiger partial charge on any atom is 0.316 e. The number of cyclic esters (lactones) is 1. The predicted molar refractivity (Wildman–Crippen MR) is 59.3 cm³/mol. The highest BCUT2D eigenvalue weighted by Gasteiger charge is 2.33. The highest BCUT2D eigenvalue weighted by atomic mass is 16.5. The molecule has 0 spiro atoms. The number of carbonyl (C=O) groups excluding carboxylic acids is 2. The van der Waals surface area contributed by atoms with Crippen LogP contribution in [0.25, 0.3) is 0 Å². The molecule has 1 heterocycles. The van der Waals surface area contributed by atoms with Crippen molar-refractivity contribution in [2.75, 3.05) is 6.61 Å². The van der Waals surface area contributed by atoms with Crippen molar-refractivity contribution in [1.82, 2.24) is 0 Å². The summed E-state index contributed by atoms with van der Waals surface area (Å²) >= 11 is 0. The molecule has 2 rings (SSSR count). The monoisotopic (exact) mass is 218 g/mol. The molecule has 84 valence electrons. The van der Waals surface area contributed by atoms with Crippen LogP contribution in [0, 0.1) is 19.8 Å². The molecule has 1 aliphatic rings. The fraction of sp³-hybridized carbons (Fsp3) is 0.385. The van der Waals surface area contributed by atoms with Crippen LogP contribution in [0.5, 0.6) is 0 Å². The van der Waals surface area contributed by atoms with Gasteiger partial charge in [-0.2, -0.15) is 0 Å². The molecule has 0 aliphatic carbocycles. The second kappa shape index (κ2) is 4.08. The molecule has 0 N–H and O–H groups in total. The van der Waals surface area contributed by atoms with E-state index in [2.05, 4.69) is 0 Å². The van der Waals surface area contributed by atoms with E-state index in [4.69, 9.17) is 4.74 Å². The first-order valence-electron chi connectivity index (χ1n) is 5.37. The van der Waals surface area contributed by atoms with Gasteiger partial charge in [-0.05, 0) is 26.0 Å². The first-order valence-corrected chi connectivity index (χ1v) is 5.37. The van der Waals surface area contributed by atoms with Crippen molar-refractivity contribution in [1.29, 1.82) is 0 Å². The second-order valence-corrected chi connectivity index (χ2v) is 4.25. The smallest absolute Gasteiger partial charge is 0.316 e. The van der Waals surface area contributed by atoms with Crippen LogP contribution in [-0.2, 0) is 9.53 Å². The molecule has 1 unspecified atom stereocenters. The minimum Gasteiger partial charge on any atom is -0.465 e. The SMILES string of the molecule is Cc1cc(C)cc(C(=O)C2CCOC2=O)c1. The molecule has 16 heavy (non-hydrogen) atoms. The van der Waals surface area contributed by atoms with Gasteiger partial charge in [-0.1, -0.05) is 17.2 Å². The van der Waals surface area contributed by atoms with Gasteiger partial charge < -0.3 is 4.74 Å². The summed E-state index contributed by atoms with van der Waals surface area (Å²) in [6, 6.07) is 5.64. The maximum atomic E-state index is 12.1. The number of esters is 1. The van der Waals surface area contributed by atoms with Crippen molar-refractivity contribution in [2.45, 2.75) is 20.3 Å². The van der Waals surface area contributed by atoms with Crippen LogP contribution >= 0.6 is 0 Å². The lowest BCUT2D eigenvalue weighted by Crippen LogP contribution is -2.19. The molecule has 1 aliphatic heterocycles. The average Bonchev–Trinajstić information content (AvgIpc) is 2.62. The summed E-state index contributed by atoms with van der Waals surface area (Å²) in [5, 5.41) is 0. The van der Waals surface area contributed by atoms with E-state index >= 15 is 0 Å². The number of rotatable bonds is 2. The number of ether oxygens (including phenoxy) is 1. The number of ketones is 1. The fourth-order valence-corrected chi connectivity index (χ4v) is 2.05. The van der Waals surface area contributed by atoms with Gasteiger partial charge in [0.1, 0.15) is 5.92 Å². The van der Waals surface area contributed by atoms with Crippen LogP contribution in [0.4, 0.5) is 0 Å². The lowest BCUT2D eigenvalue weighted by atomic mass is 9.94. The lowest BCUT2D eigenvalue weighted by Gasteiger charge is -2.07. The van der Waals surface area contributed by atoms with Crippen molar-refractivity contribution in [3.63, 3.8) is 0 Å². The van der Waals surface area contributed by atoms with Gasteiger partial charge in [-0.3, -0.25) is 9.59 Å². The Morgan fingerprint density at radius 3 is 2.38 bits per heavy atom. The van der Waals surface area contributed by atoms with Crippen LogP contribution < -0.4 is 0 Å². The Labute approximate surface area is 94.4 Å². The van der Waals surface area contributed by atoms with E-state index in [-0.39, 0.29) is 11.8 Å². The molecular formula is C13H14O3. The first kappa shape index (κ1) is 10.9. The van der Waals surface area contributed by atoms with Crippen LogP contribution in [0.1, 0.15) is 27.9 Å². The van der Waals surface area contributed by atoms with Crippen LogP contribution in [-0.4, -0.2) is 18.4 Å². The number of aryl methyl sites for hydroxylation is 2. The van der Waals surface area contributed by atoms with Crippen LogP contribution in [0.2, 0.25) is 0 Å². The molecule has 1 aromatic rings. The molecule has 0 saturated carbocycles. The third-order valence-corrected chi connectivity index (χ3v) is 2.76. The molecule has 0 aromatic heterocycles. The zero-order chi connectivity index (χ0) is 11.7. The Kier molecular flexibility index (Phi) is 2.77. The van der Waals surface area contributed by atoms with Gasteiger partial charge in [0, 0.05) is 12.0 Å². The Hall–Kier alpha value is -1.64. The molecule has 3 nitrogen and oxygen atoms in total. The minimum atomic E-state index is -0.596. The van der Waals surface area contributed by atoms with Crippen molar-refractivity contribution in [3.05, 3.63) is 34.9 Å². The number of Topliss-reactive ketones (excluding diaryl/α,β-unsaturated/α-hetero) is 1. The number of hydrogen-bond acceptors (Lipinski definition) is 3. The zero-order valence-corrected chi connectivity index (χ0v) is 9.45. The standard InChI is InChI=1S/C13H14O3/c1-8-5-9(2)7-10(6-8)12(14)11-3-4-16-13(11)15/h5-7,11H,3-4H2,1-2H3. The fourth-order valence-electron chi connectivity index (χ4n) is 2.05. The summed E-state index contributed by atoms with van der Waals surface area (Å²) in [5.74, 6) is -1.10. The number of hydrogen-bond donors (Lipinski definition) is 0. The van der Waals surface area contributed by atoms with Crippen molar-refractivity contribution >= 4 is 11.8 Å². The molecule has 1 saturated heterocycles. The second-order valence-electron chi connectivity index (χ2n) is 4.25. The highest BCUT2D eigenvalue weighted by molar-refractivity contribution is 6.09. The van der Waals surface area contributed by atoms with Gasteiger partial charge in [-0.15, -0.1) is 0 Å². The van der Waals surface area contributed by atoms with E-state index in [1.54, 1.807) is 0 Å². The Balaban J connectivity index is 2.30. The van der Waals surface area contributed by atoms with Gasteiger partial charge in [0.15, 0.2) is 5.78 Å². The van der Waals surface area contributed by atoms with E-state index in [0.29, 0.717) is 18.6 Å². The summed E-state index contributed by atoms with van der Waals surface area (Å²) in [5.41, 5.74) is 2.69. The van der Waals surface area contributed by atoms with Gasteiger partial charge in [0.2, 0.25) is 0 Å². The summed E-state index contributed by atoms with van der Waals surface area (Å²) in [6.07, 6.45) is 0.505. The molecule has 1 fully saturated rings. The molecule has 1 atom stereocenters. The van der Waals surface area contributed by atoms with E-state index in [0.717, 1.165) is 11.1 Å². The Bertz CT molecular complexity index is 428. The minimum absolute atomic E-state index is 0.116. The zero-order valence-electron chi connectivity index (χ0n) is 9.45. The summed E-state index contributed by atoms with van der Waals surface area (Å²) in [4.78, 5) is 23.4. The molecule has 3 heteroatoms. The molecule has 1 aromatic carbocycles. The van der Waals surface area contributed by atoms with Crippen LogP contribution in [0.15, 0.2) is 18.2 Å². The Morgan fingerprint density at radius 1 is 1.25 bits per heavy atom. The average molecular weight is 218 g/mol. The van der Waals surface area contributed by atoms with Crippen molar-refractivity contribution < 1.29 is 14.3 Å². The van der Waals surface area contributed by atoms with Gasteiger partial charge in [0.05, 0.1) is 6.61 Å². The predicted octanol–water partition coefficient (Wildman–Crippen LogP) is 2.05. The first-order chi connectivity index (χ1) is 7.58. The summed E-state index contributed by atoms with van der Waals surface area (Å²) in [6.45, 7) is 4.24. The van der Waals surface area contributed by atoms with Crippen molar-refractivity contribution in [3.8, 4) is 0 Å². The topological polar surface area (TPSA) is 43.4 Å². The van der Waals surface area contributed by atoms with E-state index < -0.39 is 5.92 Å². The van der Waals surface area contributed by atoms with E-state index in [1.165, 1.54) is 0 Å². The summed E-state index contributed by atoms with van der Waals surface area (Å²) < 4.78 is 4.81. The maximum absolute atomic E-state index is 12.1. The van der Waals surface area contributed by atoms with E-state index in [9.17, 15) is 9.59 Å². The van der Waals surface area contributed by atoms with Gasteiger partial charge in [-0.25, -0.2) is 0 Å². The molecule has 0 radical (unpaired) electrons. The number of carbonyl (C=O) groups is 2. The van der Waals surface area contributed by atoms with E-state index in [1.807, 2.05) is 32.0 Å². The number of benzene rings is 1. The largest absolute Gasteiger partial charge is 0.465 e. The molecule has 0 bridgehead atoms. The highest BCUT2D eigenvalue weighted by Crippen LogP contribution is 2.21. The van der Waals surface area contributed by atoms with Gasteiger partial charge >= 0.3 is 5.97 Å².